The number of likely N-dealkylation sites (tertiary alicyclic amines) is 1. The summed E-state index contributed by atoms with van der Waals surface area (Å²) >= 11 is 0. The molecule has 1 saturated heterocycles. The molecule has 0 bridgehead atoms. The number of carbonyl (C=O) groups excluding carboxylic acids is 1. The summed E-state index contributed by atoms with van der Waals surface area (Å²) in [4.78, 5) is 24.1. The van der Waals surface area contributed by atoms with Crippen molar-refractivity contribution >= 4 is 11.9 Å². The van der Waals surface area contributed by atoms with Gasteiger partial charge in [0.2, 0.25) is 5.91 Å². The Morgan fingerprint density at radius 3 is 2.21 bits per heavy atom. The molecule has 1 amide bonds. The standard InChI is InChI=1S/C10H17NO3/c1-6-7(9(13)14)5-8(12)11(6)10(2,3)4/h6-7H,5H2,1-4H3,(H,13,14). The van der Waals surface area contributed by atoms with Crippen molar-refractivity contribution in [3.05, 3.63) is 0 Å². The molecule has 4 nitrogen and oxygen atoms in total. The Kier molecular flexibility index (Phi) is 2.56. The Balaban J connectivity index is 2.91. The maximum Gasteiger partial charge on any atom is 0.309 e. The zero-order valence-electron chi connectivity index (χ0n) is 9.07. The molecule has 1 aliphatic heterocycles. The van der Waals surface area contributed by atoms with E-state index in [-0.39, 0.29) is 23.9 Å². The summed E-state index contributed by atoms with van der Waals surface area (Å²) < 4.78 is 0. The van der Waals surface area contributed by atoms with Crippen molar-refractivity contribution in [2.24, 2.45) is 5.92 Å². The lowest BCUT2D eigenvalue weighted by Crippen LogP contribution is -2.47. The minimum absolute atomic E-state index is 0.0580. The first-order chi connectivity index (χ1) is 6.25. The highest BCUT2D eigenvalue weighted by atomic mass is 16.4. The molecule has 80 valence electrons. The molecule has 1 fully saturated rings. The summed E-state index contributed by atoms with van der Waals surface area (Å²) in [5.41, 5.74) is -0.291. The summed E-state index contributed by atoms with van der Waals surface area (Å²) in [6.07, 6.45) is 0.133. The number of amides is 1. The van der Waals surface area contributed by atoms with Gasteiger partial charge in [0, 0.05) is 18.0 Å². The molecule has 0 aliphatic carbocycles. The average Bonchev–Trinajstić information content (AvgIpc) is 2.24. The lowest BCUT2D eigenvalue weighted by atomic mass is 10.00. The number of carboxylic acid groups (broad SMARTS) is 1. The van der Waals surface area contributed by atoms with Gasteiger partial charge >= 0.3 is 5.97 Å². The van der Waals surface area contributed by atoms with Crippen molar-refractivity contribution < 1.29 is 14.7 Å². The maximum atomic E-state index is 11.6. The number of hydrogen-bond donors (Lipinski definition) is 1. The fourth-order valence-electron chi connectivity index (χ4n) is 2.14. The van der Waals surface area contributed by atoms with Crippen LogP contribution in [0.1, 0.15) is 34.1 Å². The highest BCUT2D eigenvalue weighted by Crippen LogP contribution is 2.31. The largest absolute Gasteiger partial charge is 0.481 e. The molecule has 1 heterocycles. The fourth-order valence-corrected chi connectivity index (χ4v) is 2.14. The molecule has 2 atom stereocenters. The summed E-state index contributed by atoms with van der Waals surface area (Å²) in [5, 5.41) is 8.91. The lowest BCUT2D eigenvalue weighted by Gasteiger charge is -2.36. The van der Waals surface area contributed by atoms with E-state index in [2.05, 4.69) is 0 Å². The number of hydrogen-bond acceptors (Lipinski definition) is 2. The minimum atomic E-state index is -0.877. The molecule has 0 radical (unpaired) electrons. The highest BCUT2D eigenvalue weighted by Gasteiger charge is 2.45. The summed E-state index contributed by atoms with van der Waals surface area (Å²) in [6, 6.07) is -0.208. The monoisotopic (exact) mass is 199 g/mol. The van der Waals surface area contributed by atoms with Gasteiger partial charge in [0.05, 0.1) is 5.92 Å². The van der Waals surface area contributed by atoms with Gasteiger partial charge < -0.3 is 10.0 Å². The molecule has 2 unspecified atom stereocenters. The molecule has 4 heteroatoms. The normalized spacial score (nSPS) is 28.3. The molecule has 1 rings (SSSR count). The Hall–Kier alpha value is -1.06. The number of carbonyl (C=O) groups is 2. The van der Waals surface area contributed by atoms with Gasteiger partial charge in [-0.25, -0.2) is 0 Å². The van der Waals surface area contributed by atoms with E-state index in [0.717, 1.165) is 0 Å². The van der Waals surface area contributed by atoms with E-state index in [0.29, 0.717) is 0 Å². The van der Waals surface area contributed by atoms with Gasteiger partial charge in [0.25, 0.3) is 0 Å². The van der Waals surface area contributed by atoms with E-state index >= 15 is 0 Å². The molecular weight excluding hydrogens is 182 g/mol. The van der Waals surface area contributed by atoms with Crippen LogP contribution in [0.25, 0.3) is 0 Å². The van der Waals surface area contributed by atoms with Crippen LogP contribution >= 0.6 is 0 Å². The van der Waals surface area contributed by atoms with Crippen molar-refractivity contribution in [3.63, 3.8) is 0 Å². The van der Waals surface area contributed by atoms with E-state index < -0.39 is 11.9 Å². The van der Waals surface area contributed by atoms with E-state index in [4.69, 9.17) is 5.11 Å². The van der Waals surface area contributed by atoms with Crippen molar-refractivity contribution in [3.8, 4) is 0 Å². The lowest BCUT2D eigenvalue weighted by molar-refractivity contribution is -0.142. The van der Waals surface area contributed by atoms with Crippen LogP contribution in [0.2, 0.25) is 0 Å². The van der Waals surface area contributed by atoms with Crippen LogP contribution < -0.4 is 0 Å². The Morgan fingerprint density at radius 1 is 1.50 bits per heavy atom. The third kappa shape index (κ3) is 1.74. The highest BCUT2D eigenvalue weighted by molar-refractivity contribution is 5.87. The zero-order valence-corrected chi connectivity index (χ0v) is 9.07. The third-order valence-corrected chi connectivity index (χ3v) is 2.69. The molecule has 14 heavy (non-hydrogen) atoms. The number of carboxylic acids is 1. The van der Waals surface area contributed by atoms with Gasteiger partial charge in [-0.2, -0.15) is 0 Å². The SMILES string of the molecule is CC1C(C(=O)O)CC(=O)N1C(C)(C)C. The summed E-state index contributed by atoms with van der Waals surface area (Å²) in [7, 11) is 0. The predicted molar refractivity (Wildman–Crippen MR) is 51.8 cm³/mol. The van der Waals surface area contributed by atoms with E-state index in [1.165, 1.54) is 0 Å². The van der Waals surface area contributed by atoms with Gasteiger partial charge in [0.15, 0.2) is 0 Å². The molecule has 0 aromatic carbocycles. The molecule has 0 aromatic heterocycles. The van der Waals surface area contributed by atoms with E-state index in [1.54, 1.807) is 11.8 Å². The summed E-state index contributed by atoms with van der Waals surface area (Å²) in [6.45, 7) is 7.57. The number of aliphatic carboxylic acids is 1. The van der Waals surface area contributed by atoms with Gasteiger partial charge in [-0.15, -0.1) is 0 Å². The van der Waals surface area contributed by atoms with Crippen molar-refractivity contribution in [2.75, 3.05) is 0 Å². The van der Waals surface area contributed by atoms with Gasteiger partial charge in [-0.1, -0.05) is 0 Å². The second-order valence-electron chi connectivity index (χ2n) is 4.82. The third-order valence-electron chi connectivity index (χ3n) is 2.69. The second kappa shape index (κ2) is 3.26. The number of nitrogens with zero attached hydrogens (tertiary/aromatic N) is 1. The van der Waals surface area contributed by atoms with Crippen LogP contribution in [-0.2, 0) is 9.59 Å². The van der Waals surface area contributed by atoms with Gasteiger partial charge in [0.1, 0.15) is 0 Å². The Bertz CT molecular complexity index is 267. The summed E-state index contributed by atoms with van der Waals surface area (Å²) in [5.74, 6) is -1.49. The Morgan fingerprint density at radius 2 is 2.00 bits per heavy atom. The quantitative estimate of drug-likeness (QED) is 0.688. The topological polar surface area (TPSA) is 57.6 Å². The predicted octanol–water partition coefficient (Wildman–Crippen LogP) is 1.11. The van der Waals surface area contributed by atoms with Gasteiger partial charge in [-0.05, 0) is 27.7 Å². The molecule has 0 spiro atoms. The van der Waals surface area contributed by atoms with Crippen molar-refractivity contribution in [2.45, 2.75) is 45.7 Å². The fraction of sp³-hybridized carbons (Fsp3) is 0.800. The molecular formula is C10H17NO3. The van der Waals surface area contributed by atoms with Gasteiger partial charge in [-0.3, -0.25) is 9.59 Å². The zero-order chi connectivity index (χ0) is 11.1. The first-order valence-corrected chi connectivity index (χ1v) is 4.80. The number of rotatable bonds is 1. The van der Waals surface area contributed by atoms with E-state index in [1.807, 2.05) is 20.8 Å². The van der Waals surface area contributed by atoms with Crippen LogP contribution in [0, 0.1) is 5.92 Å². The first-order valence-electron chi connectivity index (χ1n) is 4.80. The molecule has 0 aromatic rings. The van der Waals surface area contributed by atoms with Crippen LogP contribution in [0.4, 0.5) is 0 Å². The van der Waals surface area contributed by atoms with Crippen LogP contribution in [0.15, 0.2) is 0 Å². The molecule has 1 aliphatic rings. The van der Waals surface area contributed by atoms with E-state index in [9.17, 15) is 9.59 Å². The van der Waals surface area contributed by atoms with Crippen LogP contribution in [0.3, 0.4) is 0 Å². The minimum Gasteiger partial charge on any atom is -0.481 e. The molecule has 1 N–H and O–H groups in total. The Labute approximate surface area is 83.9 Å². The first kappa shape index (κ1) is 11.0. The van der Waals surface area contributed by atoms with Crippen LogP contribution in [0.5, 0.6) is 0 Å². The smallest absolute Gasteiger partial charge is 0.309 e. The average molecular weight is 199 g/mol. The molecule has 0 saturated carbocycles. The van der Waals surface area contributed by atoms with Crippen molar-refractivity contribution in [1.82, 2.24) is 4.90 Å². The van der Waals surface area contributed by atoms with Crippen molar-refractivity contribution in [1.29, 1.82) is 0 Å². The van der Waals surface area contributed by atoms with Crippen LogP contribution in [-0.4, -0.2) is 33.5 Å². The maximum absolute atomic E-state index is 11.6. The second-order valence-corrected chi connectivity index (χ2v) is 4.82.